The molecule has 110 valence electrons. The van der Waals surface area contributed by atoms with Crippen molar-refractivity contribution in [3.63, 3.8) is 0 Å². The van der Waals surface area contributed by atoms with E-state index in [9.17, 15) is 4.79 Å². The molecule has 0 heterocycles. The Morgan fingerprint density at radius 2 is 2.00 bits per heavy atom. The first-order chi connectivity index (χ1) is 10.7. The average Bonchev–Trinajstić information content (AvgIpc) is 2.55. The van der Waals surface area contributed by atoms with Gasteiger partial charge in [-0.2, -0.15) is 10.4 Å². The lowest BCUT2D eigenvalue weighted by Crippen LogP contribution is -2.24. The van der Waals surface area contributed by atoms with Crippen LogP contribution in [-0.2, 0) is 4.79 Å². The lowest BCUT2D eigenvalue weighted by atomic mass is 10.2. The quantitative estimate of drug-likeness (QED) is 0.472. The SMILES string of the molecule is N#Cc1ccc(OCC(=O)N/N=C/c2ccccc2I)cc1. The van der Waals surface area contributed by atoms with Crippen LogP contribution >= 0.6 is 22.6 Å². The molecule has 0 aliphatic heterocycles. The van der Waals surface area contributed by atoms with Crippen LogP contribution in [0.3, 0.4) is 0 Å². The molecular formula is C16H12IN3O2. The van der Waals surface area contributed by atoms with Gasteiger partial charge in [0.1, 0.15) is 5.75 Å². The highest BCUT2D eigenvalue weighted by Gasteiger charge is 2.01. The summed E-state index contributed by atoms with van der Waals surface area (Å²) < 4.78 is 6.35. The smallest absolute Gasteiger partial charge is 0.277 e. The molecule has 2 aromatic carbocycles. The molecule has 1 N–H and O–H groups in total. The Kier molecular flexibility index (Phi) is 5.91. The van der Waals surface area contributed by atoms with Gasteiger partial charge in [-0.15, -0.1) is 0 Å². The van der Waals surface area contributed by atoms with Gasteiger partial charge >= 0.3 is 0 Å². The van der Waals surface area contributed by atoms with Crippen molar-refractivity contribution >= 4 is 34.7 Å². The zero-order valence-corrected chi connectivity index (χ0v) is 13.6. The van der Waals surface area contributed by atoms with Gasteiger partial charge in [-0.3, -0.25) is 4.79 Å². The van der Waals surface area contributed by atoms with E-state index < -0.39 is 0 Å². The summed E-state index contributed by atoms with van der Waals surface area (Å²) >= 11 is 2.20. The number of hydrogen-bond donors (Lipinski definition) is 1. The molecule has 0 bridgehead atoms. The van der Waals surface area contributed by atoms with Crippen LogP contribution < -0.4 is 10.2 Å². The van der Waals surface area contributed by atoms with Crippen molar-refractivity contribution in [3.8, 4) is 11.8 Å². The zero-order valence-electron chi connectivity index (χ0n) is 11.5. The maximum atomic E-state index is 11.6. The highest BCUT2D eigenvalue weighted by Crippen LogP contribution is 2.11. The lowest BCUT2D eigenvalue weighted by molar-refractivity contribution is -0.123. The molecule has 0 aliphatic rings. The average molecular weight is 405 g/mol. The number of amides is 1. The molecule has 1 amide bonds. The number of hydrazone groups is 1. The van der Waals surface area contributed by atoms with E-state index in [1.807, 2.05) is 30.3 Å². The zero-order chi connectivity index (χ0) is 15.8. The maximum Gasteiger partial charge on any atom is 0.277 e. The normalized spacial score (nSPS) is 10.2. The molecule has 0 aliphatic carbocycles. The van der Waals surface area contributed by atoms with Crippen LogP contribution in [0.25, 0.3) is 0 Å². The summed E-state index contributed by atoms with van der Waals surface area (Å²) in [6.07, 6.45) is 1.58. The van der Waals surface area contributed by atoms with Crippen molar-refractivity contribution in [1.82, 2.24) is 5.43 Å². The molecule has 0 spiro atoms. The van der Waals surface area contributed by atoms with E-state index in [1.54, 1.807) is 30.5 Å². The molecular weight excluding hydrogens is 393 g/mol. The monoisotopic (exact) mass is 405 g/mol. The number of carbonyl (C=O) groups excluding carboxylic acids is 1. The van der Waals surface area contributed by atoms with Gasteiger partial charge in [0.25, 0.3) is 5.91 Å². The number of halogens is 1. The second-order valence-corrected chi connectivity index (χ2v) is 5.40. The largest absolute Gasteiger partial charge is 0.484 e. The highest BCUT2D eigenvalue weighted by atomic mass is 127. The van der Waals surface area contributed by atoms with Crippen LogP contribution in [0.2, 0.25) is 0 Å². The summed E-state index contributed by atoms with van der Waals surface area (Å²) in [5.74, 6) is 0.169. The summed E-state index contributed by atoms with van der Waals surface area (Å²) in [4.78, 5) is 11.6. The second-order valence-electron chi connectivity index (χ2n) is 4.24. The Balaban J connectivity index is 1.80. The standard InChI is InChI=1S/C16H12IN3O2/c17-15-4-2-1-3-13(15)10-19-20-16(21)11-22-14-7-5-12(9-18)6-8-14/h1-8,10H,11H2,(H,20,21)/b19-10+. The third kappa shape index (κ3) is 4.86. The molecule has 0 aromatic heterocycles. The number of benzene rings is 2. The molecule has 0 fully saturated rings. The topological polar surface area (TPSA) is 74.5 Å². The third-order valence-electron chi connectivity index (χ3n) is 2.65. The molecule has 6 heteroatoms. The van der Waals surface area contributed by atoms with Crippen LogP contribution in [0.1, 0.15) is 11.1 Å². The molecule has 2 rings (SSSR count). The van der Waals surface area contributed by atoms with Crippen LogP contribution in [0, 0.1) is 14.9 Å². The first-order valence-electron chi connectivity index (χ1n) is 6.38. The Labute approximate surface area is 141 Å². The number of carbonyl (C=O) groups is 1. The minimum absolute atomic E-state index is 0.144. The van der Waals surface area contributed by atoms with E-state index in [2.05, 4.69) is 33.1 Å². The van der Waals surface area contributed by atoms with Gasteiger partial charge in [0.2, 0.25) is 0 Å². The highest BCUT2D eigenvalue weighted by molar-refractivity contribution is 14.1. The van der Waals surface area contributed by atoms with Gasteiger partial charge in [0, 0.05) is 9.13 Å². The molecule has 0 saturated carbocycles. The van der Waals surface area contributed by atoms with Gasteiger partial charge in [0.05, 0.1) is 17.8 Å². The Morgan fingerprint density at radius 3 is 2.68 bits per heavy atom. The summed E-state index contributed by atoms with van der Waals surface area (Å²) in [6.45, 7) is -0.144. The second kappa shape index (κ2) is 8.14. The predicted molar refractivity (Wildman–Crippen MR) is 91.5 cm³/mol. The number of nitriles is 1. The summed E-state index contributed by atoms with van der Waals surface area (Å²) in [5, 5.41) is 12.6. The fourth-order valence-electron chi connectivity index (χ4n) is 1.56. The van der Waals surface area contributed by atoms with Gasteiger partial charge in [0.15, 0.2) is 6.61 Å². The lowest BCUT2D eigenvalue weighted by Gasteiger charge is -2.04. The van der Waals surface area contributed by atoms with E-state index in [1.165, 1.54) is 0 Å². The van der Waals surface area contributed by atoms with Gasteiger partial charge < -0.3 is 4.74 Å². The van der Waals surface area contributed by atoms with Gasteiger partial charge in [-0.25, -0.2) is 5.43 Å². The number of hydrogen-bond acceptors (Lipinski definition) is 4. The molecule has 22 heavy (non-hydrogen) atoms. The minimum Gasteiger partial charge on any atom is -0.484 e. The Morgan fingerprint density at radius 1 is 1.27 bits per heavy atom. The van der Waals surface area contributed by atoms with Crippen molar-refractivity contribution in [2.75, 3.05) is 6.61 Å². The van der Waals surface area contributed by atoms with E-state index >= 15 is 0 Å². The van der Waals surface area contributed by atoms with E-state index in [0.717, 1.165) is 9.13 Å². The van der Waals surface area contributed by atoms with Gasteiger partial charge in [-0.1, -0.05) is 18.2 Å². The first kappa shape index (κ1) is 16.0. The number of rotatable bonds is 5. The molecule has 0 radical (unpaired) electrons. The van der Waals surface area contributed by atoms with E-state index in [4.69, 9.17) is 10.00 Å². The molecule has 0 atom stereocenters. The maximum absolute atomic E-state index is 11.6. The summed E-state index contributed by atoms with van der Waals surface area (Å²) in [7, 11) is 0. The van der Waals surface area contributed by atoms with Crippen LogP contribution in [0.4, 0.5) is 0 Å². The van der Waals surface area contributed by atoms with E-state index in [0.29, 0.717) is 11.3 Å². The number of nitrogens with zero attached hydrogens (tertiary/aromatic N) is 2. The Bertz CT molecular complexity index is 721. The van der Waals surface area contributed by atoms with Crippen molar-refractivity contribution in [2.45, 2.75) is 0 Å². The third-order valence-corrected chi connectivity index (χ3v) is 3.63. The molecule has 0 unspecified atom stereocenters. The summed E-state index contributed by atoms with van der Waals surface area (Å²) in [5.41, 5.74) is 3.87. The number of ether oxygens (including phenoxy) is 1. The minimum atomic E-state index is -0.355. The number of nitrogens with one attached hydrogen (secondary N) is 1. The summed E-state index contributed by atoms with van der Waals surface area (Å²) in [6, 6.07) is 16.2. The van der Waals surface area contributed by atoms with Crippen molar-refractivity contribution in [2.24, 2.45) is 5.10 Å². The van der Waals surface area contributed by atoms with Crippen molar-refractivity contribution < 1.29 is 9.53 Å². The molecule has 2 aromatic rings. The van der Waals surface area contributed by atoms with Crippen molar-refractivity contribution in [1.29, 1.82) is 5.26 Å². The van der Waals surface area contributed by atoms with Crippen LogP contribution in [0.15, 0.2) is 53.6 Å². The predicted octanol–water partition coefficient (Wildman–Crippen LogP) is 2.69. The fourth-order valence-corrected chi connectivity index (χ4v) is 2.09. The van der Waals surface area contributed by atoms with Crippen LogP contribution in [-0.4, -0.2) is 18.7 Å². The fraction of sp³-hybridized carbons (Fsp3) is 0.0625. The molecule has 5 nitrogen and oxygen atoms in total. The Hall–Kier alpha value is -2.40. The van der Waals surface area contributed by atoms with E-state index in [-0.39, 0.29) is 12.5 Å². The van der Waals surface area contributed by atoms with Crippen LogP contribution in [0.5, 0.6) is 5.75 Å². The first-order valence-corrected chi connectivity index (χ1v) is 7.46. The molecule has 0 saturated heterocycles. The van der Waals surface area contributed by atoms with Crippen molar-refractivity contribution in [3.05, 3.63) is 63.2 Å². The van der Waals surface area contributed by atoms with Gasteiger partial charge in [-0.05, 0) is 52.9 Å².